The molecule has 2 N–H and O–H groups in total. The lowest BCUT2D eigenvalue weighted by molar-refractivity contribution is -0.134. The van der Waals surface area contributed by atoms with Crippen molar-refractivity contribution in [2.75, 3.05) is 19.7 Å². The second-order valence-electron chi connectivity index (χ2n) is 3.10. The largest absolute Gasteiger partial charge is 0.374 e. The van der Waals surface area contributed by atoms with Crippen molar-refractivity contribution in [3.05, 3.63) is 0 Å². The first kappa shape index (κ1) is 7.06. The van der Waals surface area contributed by atoms with E-state index in [2.05, 4.69) is 0 Å². The summed E-state index contributed by atoms with van der Waals surface area (Å²) >= 11 is 0. The minimum atomic E-state index is 0.0563. The van der Waals surface area contributed by atoms with Gasteiger partial charge in [-0.1, -0.05) is 0 Å². The SMILES string of the molecule is NCC(=O)N1C[C@@H]2C[C@@H]1CO2. The molecule has 0 saturated carbocycles. The highest BCUT2D eigenvalue weighted by molar-refractivity contribution is 5.78. The summed E-state index contributed by atoms with van der Waals surface area (Å²) in [6.07, 6.45) is 1.29. The van der Waals surface area contributed by atoms with Crippen LogP contribution in [0.15, 0.2) is 0 Å². The number of ether oxygens (including phenoxy) is 1. The minimum Gasteiger partial charge on any atom is -0.374 e. The zero-order valence-electron chi connectivity index (χ0n) is 6.32. The van der Waals surface area contributed by atoms with Gasteiger partial charge in [-0.3, -0.25) is 4.79 Å². The predicted octanol–water partition coefficient (Wildman–Crippen LogP) is -1.06. The van der Waals surface area contributed by atoms with Crippen molar-refractivity contribution in [3.8, 4) is 0 Å². The number of nitrogens with two attached hydrogens (primary N) is 1. The third-order valence-corrected chi connectivity index (χ3v) is 2.40. The topological polar surface area (TPSA) is 55.6 Å². The Labute approximate surface area is 65.3 Å². The van der Waals surface area contributed by atoms with E-state index in [0.29, 0.717) is 12.6 Å². The second kappa shape index (κ2) is 2.46. The molecule has 2 heterocycles. The van der Waals surface area contributed by atoms with Gasteiger partial charge in [0, 0.05) is 6.54 Å². The van der Waals surface area contributed by atoms with E-state index in [0.717, 1.165) is 13.0 Å². The van der Waals surface area contributed by atoms with E-state index in [1.165, 1.54) is 0 Å². The summed E-state index contributed by atoms with van der Waals surface area (Å²) in [5.41, 5.74) is 5.25. The zero-order chi connectivity index (χ0) is 7.84. The molecular formula is C7H12N2O2. The van der Waals surface area contributed by atoms with Gasteiger partial charge in [0.1, 0.15) is 0 Å². The zero-order valence-corrected chi connectivity index (χ0v) is 6.32. The summed E-state index contributed by atoms with van der Waals surface area (Å²) in [4.78, 5) is 13.0. The Bertz CT molecular complexity index is 183. The molecule has 4 heteroatoms. The van der Waals surface area contributed by atoms with E-state index in [1.807, 2.05) is 4.90 Å². The van der Waals surface area contributed by atoms with Crippen molar-refractivity contribution in [3.63, 3.8) is 0 Å². The van der Waals surface area contributed by atoms with Crippen LogP contribution in [0.4, 0.5) is 0 Å². The first-order valence-corrected chi connectivity index (χ1v) is 3.92. The average Bonchev–Trinajstić information content (AvgIpc) is 2.62. The summed E-state index contributed by atoms with van der Waals surface area (Å²) in [6, 6.07) is 0.316. The molecule has 0 spiro atoms. The van der Waals surface area contributed by atoms with E-state index in [1.54, 1.807) is 0 Å². The van der Waals surface area contributed by atoms with E-state index in [4.69, 9.17) is 10.5 Å². The molecule has 4 nitrogen and oxygen atoms in total. The highest BCUT2D eigenvalue weighted by atomic mass is 16.5. The minimum absolute atomic E-state index is 0.0563. The molecule has 11 heavy (non-hydrogen) atoms. The number of carbonyl (C=O) groups excluding carboxylic acids is 1. The fourth-order valence-corrected chi connectivity index (χ4v) is 1.82. The van der Waals surface area contributed by atoms with Crippen LogP contribution < -0.4 is 5.73 Å². The van der Waals surface area contributed by atoms with Gasteiger partial charge in [0.05, 0.1) is 25.3 Å². The van der Waals surface area contributed by atoms with Gasteiger partial charge < -0.3 is 15.4 Å². The van der Waals surface area contributed by atoms with Gasteiger partial charge in [0.2, 0.25) is 5.91 Å². The normalized spacial score (nSPS) is 34.8. The molecule has 2 bridgehead atoms. The van der Waals surface area contributed by atoms with Crippen LogP contribution in [-0.2, 0) is 9.53 Å². The third-order valence-electron chi connectivity index (χ3n) is 2.40. The Morgan fingerprint density at radius 2 is 2.55 bits per heavy atom. The molecule has 0 aromatic rings. The quantitative estimate of drug-likeness (QED) is 0.526. The van der Waals surface area contributed by atoms with Gasteiger partial charge in [0.15, 0.2) is 0 Å². The van der Waals surface area contributed by atoms with Crippen molar-refractivity contribution in [2.45, 2.75) is 18.6 Å². The summed E-state index contributed by atoms with van der Waals surface area (Å²) < 4.78 is 5.34. The van der Waals surface area contributed by atoms with Crippen molar-refractivity contribution in [2.24, 2.45) is 5.73 Å². The Balaban J connectivity index is 2.02. The Hall–Kier alpha value is -0.610. The maximum atomic E-state index is 11.1. The van der Waals surface area contributed by atoms with E-state index in [-0.39, 0.29) is 18.6 Å². The van der Waals surface area contributed by atoms with Gasteiger partial charge in [-0.25, -0.2) is 0 Å². The van der Waals surface area contributed by atoms with Crippen LogP contribution in [0.1, 0.15) is 6.42 Å². The smallest absolute Gasteiger partial charge is 0.236 e. The molecule has 2 aliphatic heterocycles. The van der Waals surface area contributed by atoms with Gasteiger partial charge >= 0.3 is 0 Å². The molecule has 2 fully saturated rings. The van der Waals surface area contributed by atoms with Crippen LogP contribution in [-0.4, -0.2) is 42.6 Å². The van der Waals surface area contributed by atoms with Crippen LogP contribution in [0.5, 0.6) is 0 Å². The third kappa shape index (κ3) is 1.02. The number of rotatable bonds is 1. The maximum absolute atomic E-state index is 11.1. The second-order valence-corrected chi connectivity index (χ2v) is 3.10. The lowest BCUT2D eigenvalue weighted by Gasteiger charge is -2.26. The first-order chi connectivity index (χ1) is 5.31. The standard InChI is InChI=1S/C7H12N2O2/c8-2-7(10)9-3-6-1-5(9)4-11-6/h5-6H,1-4,8H2/t5-,6+/m1/s1. The maximum Gasteiger partial charge on any atom is 0.236 e. The highest BCUT2D eigenvalue weighted by Gasteiger charge is 2.40. The number of carbonyl (C=O) groups is 1. The fourth-order valence-electron chi connectivity index (χ4n) is 1.82. The van der Waals surface area contributed by atoms with Crippen molar-refractivity contribution >= 4 is 5.91 Å². The number of hydrogen-bond donors (Lipinski definition) is 1. The first-order valence-electron chi connectivity index (χ1n) is 3.92. The summed E-state index contributed by atoms with van der Waals surface area (Å²) in [5.74, 6) is 0.0563. The predicted molar refractivity (Wildman–Crippen MR) is 38.9 cm³/mol. The number of morpholine rings is 1. The van der Waals surface area contributed by atoms with Crippen LogP contribution in [0.25, 0.3) is 0 Å². The molecule has 2 atom stereocenters. The molecule has 0 unspecified atom stereocenters. The fraction of sp³-hybridized carbons (Fsp3) is 0.857. The van der Waals surface area contributed by atoms with Gasteiger partial charge in [0.25, 0.3) is 0 Å². The summed E-state index contributed by atoms with van der Waals surface area (Å²) in [6.45, 7) is 1.58. The number of hydrogen-bond acceptors (Lipinski definition) is 3. The number of fused-ring (bicyclic) bond motifs is 2. The average molecular weight is 156 g/mol. The molecule has 2 saturated heterocycles. The molecular weight excluding hydrogens is 144 g/mol. The summed E-state index contributed by atoms with van der Waals surface area (Å²) in [7, 11) is 0. The lowest BCUT2D eigenvalue weighted by atomic mass is 10.2. The monoisotopic (exact) mass is 156 g/mol. The number of amides is 1. The van der Waals surface area contributed by atoms with Crippen molar-refractivity contribution in [1.82, 2.24) is 4.90 Å². The summed E-state index contributed by atoms with van der Waals surface area (Å²) in [5, 5.41) is 0. The van der Waals surface area contributed by atoms with E-state index >= 15 is 0 Å². The van der Waals surface area contributed by atoms with E-state index in [9.17, 15) is 4.79 Å². The van der Waals surface area contributed by atoms with Crippen molar-refractivity contribution in [1.29, 1.82) is 0 Å². The van der Waals surface area contributed by atoms with Crippen LogP contribution in [0, 0.1) is 0 Å². The Kier molecular flexibility index (Phi) is 1.58. The molecule has 0 aliphatic carbocycles. The number of nitrogens with zero attached hydrogens (tertiary/aromatic N) is 1. The van der Waals surface area contributed by atoms with Gasteiger partial charge in [-0.15, -0.1) is 0 Å². The number of likely N-dealkylation sites (tertiary alicyclic amines) is 1. The molecule has 0 aromatic heterocycles. The van der Waals surface area contributed by atoms with Gasteiger partial charge in [-0.2, -0.15) is 0 Å². The molecule has 0 aromatic carbocycles. The Morgan fingerprint density at radius 3 is 3.00 bits per heavy atom. The Morgan fingerprint density at radius 1 is 1.73 bits per heavy atom. The molecule has 0 radical (unpaired) electrons. The highest BCUT2D eigenvalue weighted by Crippen LogP contribution is 2.27. The van der Waals surface area contributed by atoms with Crippen LogP contribution in [0.3, 0.4) is 0 Å². The van der Waals surface area contributed by atoms with Crippen LogP contribution >= 0.6 is 0 Å². The lowest BCUT2D eigenvalue weighted by Crippen LogP contribution is -2.44. The van der Waals surface area contributed by atoms with Crippen molar-refractivity contribution < 1.29 is 9.53 Å². The molecule has 62 valence electrons. The van der Waals surface area contributed by atoms with Gasteiger partial charge in [-0.05, 0) is 6.42 Å². The molecule has 2 aliphatic rings. The molecule has 1 amide bonds. The molecule has 2 rings (SSSR count). The van der Waals surface area contributed by atoms with E-state index < -0.39 is 0 Å². The van der Waals surface area contributed by atoms with Crippen LogP contribution in [0.2, 0.25) is 0 Å².